The molecule has 2 atom stereocenters. The molecule has 0 spiro atoms. The molecule has 2 aliphatic rings. The maximum Gasteiger partial charge on any atom is 0.277 e. The molecule has 1 N–H and O–H groups in total. The predicted molar refractivity (Wildman–Crippen MR) is 118 cm³/mol. The molecule has 1 saturated heterocycles. The molecule has 0 unspecified atom stereocenters. The number of amides is 2. The third-order valence-corrected chi connectivity index (χ3v) is 6.79. The summed E-state index contributed by atoms with van der Waals surface area (Å²) < 4.78 is 1.51. The van der Waals surface area contributed by atoms with Gasteiger partial charge in [0.2, 0.25) is 11.8 Å². The molecule has 31 heavy (non-hydrogen) atoms. The summed E-state index contributed by atoms with van der Waals surface area (Å²) in [5.74, 6) is 0.387. The van der Waals surface area contributed by atoms with Crippen molar-refractivity contribution in [2.75, 3.05) is 19.6 Å². The lowest BCUT2D eigenvalue weighted by Gasteiger charge is -2.33. The van der Waals surface area contributed by atoms with Gasteiger partial charge < -0.3 is 9.80 Å². The van der Waals surface area contributed by atoms with Gasteiger partial charge in [-0.15, -0.1) is 0 Å². The molecule has 168 valence electrons. The van der Waals surface area contributed by atoms with Gasteiger partial charge in [-0.2, -0.15) is 0 Å². The van der Waals surface area contributed by atoms with Gasteiger partial charge >= 0.3 is 0 Å². The van der Waals surface area contributed by atoms with E-state index in [9.17, 15) is 14.4 Å². The zero-order chi connectivity index (χ0) is 22.3. The molecule has 8 nitrogen and oxygen atoms in total. The van der Waals surface area contributed by atoms with Crippen molar-refractivity contribution in [3.8, 4) is 0 Å². The Balaban J connectivity index is 1.61. The van der Waals surface area contributed by atoms with Crippen LogP contribution >= 0.6 is 0 Å². The van der Waals surface area contributed by atoms with Gasteiger partial charge in [0.25, 0.3) is 5.56 Å². The lowest BCUT2D eigenvalue weighted by Crippen LogP contribution is -2.42. The summed E-state index contributed by atoms with van der Waals surface area (Å²) in [5, 5.41) is 3.25. The standard InChI is InChI=1S/C23H33N5O3/c1-5-15(4)22(30)26-9-6-7-16(12-26)19-11-20-24-18-8-10-27(21(29)14(2)3)13-17(18)23(31)28(20)25-19/h11,14-16,25H,5-10,12-13H2,1-4H3/t15-,16-/m0/s1. The average Bonchev–Trinajstić information content (AvgIpc) is 3.22. The summed E-state index contributed by atoms with van der Waals surface area (Å²) in [6.45, 7) is 10.2. The van der Waals surface area contributed by atoms with Crippen LogP contribution in [0.25, 0.3) is 5.65 Å². The zero-order valence-corrected chi connectivity index (χ0v) is 19.0. The van der Waals surface area contributed by atoms with E-state index in [1.165, 1.54) is 4.52 Å². The van der Waals surface area contributed by atoms with Crippen molar-refractivity contribution in [3.63, 3.8) is 0 Å². The Hall–Kier alpha value is -2.64. The molecule has 0 bridgehead atoms. The minimum atomic E-state index is -0.129. The summed E-state index contributed by atoms with van der Waals surface area (Å²) >= 11 is 0. The first kappa shape index (κ1) is 21.6. The number of nitrogens with one attached hydrogen (secondary N) is 1. The number of nitrogens with zero attached hydrogens (tertiary/aromatic N) is 4. The van der Waals surface area contributed by atoms with E-state index < -0.39 is 0 Å². The van der Waals surface area contributed by atoms with Gasteiger partial charge in [-0.3, -0.25) is 19.5 Å². The lowest BCUT2D eigenvalue weighted by atomic mass is 9.93. The number of piperidine rings is 1. The number of carbonyl (C=O) groups excluding carboxylic acids is 2. The molecule has 4 rings (SSSR count). The van der Waals surface area contributed by atoms with Gasteiger partial charge in [0.05, 0.1) is 17.8 Å². The third-order valence-electron chi connectivity index (χ3n) is 6.79. The monoisotopic (exact) mass is 427 g/mol. The summed E-state index contributed by atoms with van der Waals surface area (Å²) in [6, 6.07) is 1.95. The largest absolute Gasteiger partial charge is 0.342 e. The number of likely N-dealkylation sites (tertiary alicyclic amines) is 1. The molecule has 2 aromatic heterocycles. The zero-order valence-electron chi connectivity index (χ0n) is 19.0. The maximum absolute atomic E-state index is 13.2. The van der Waals surface area contributed by atoms with Crippen LogP contribution in [0, 0.1) is 11.8 Å². The van der Waals surface area contributed by atoms with Crippen LogP contribution in [0.4, 0.5) is 0 Å². The molecule has 4 heterocycles. The summed E-state index contributed by atoms with van der Waals surface area (Å²) in [5.41, 5.74) is 2.83. The molecule has 2 amide bonds. The highest BCUT2D eigenvalue weighted by molar-refractivity contribution is 5.79. The van der Waals surface area contributed by atoms with Gasteiger partial charge in [0.1, 0.15) is 0 Å². The predicted octanol–water partition coefficient (Wildman–Crippen LogP) is 2.32. The van der Waals surface area contributed by atoms with E-state index in [4.69, 9.17) is 4.98 Å². The lowest BCUT2D eigenvalue weighted by molar-refractivity contribution is -0.136. The first-order valence-corrected chi connectivity index (χ1v) is 11.5. The minimum absolute atomic E-state index is 0.0361. The van der Waals surface area contributed by atoms with Crippen LogP contribution in [0.3, 0.4) is 0 Å². The fourth-order valence-corrected chi connectivity index (χ4v) is 4.68. The van der Waals surface area contributed by atoms with Crippen LogP contribution in [0.2, 0.25) is 0 Å². The second kappa shape index (κ2) is 8.48. The SMILES string of the molecule is CC[C@H](C)C(=O)N1CCC[C@H](c2cc3nc4c(c(=O)n3[nH]2)CN(C(=O)C(C)C)CC4)C1. The Morgan fingerprint density at radius 2 is 1.97 bits per heavy atom. The number of fused-ring (bicyclic) bond motifs is 2. The van der Waals surface area contributed by atoms with E-state index >= 15 is 0 Å². The Labute approximate surface area is 182 Å². The number of hydrogen-bond acceptors (Lipinski definition) is 4. The Kier molecular flexibility index (Phi) is 5.90. The van der Waals surface area contributed by atoms with Crippen LogP contribution in [-0.4, -0.2) is 55.8 Å². The number of hydrogen-bond donors (Lipinski definition) is 1. The van der Waals surface area contributed by atoms with Crippen molar-refractivity contribution in [2.45, 2.75) is 65.8 Å². The second-order valence-electron chi connectivity index (χ2n) is 9.34. The molecule has 0 aliphatic carbocycles. The first-order chi connectivity index (χ1) is 14.8. The van der Waals surface area contributed by atoms with Gasteiger partial charge in [0.15, 0.2) is 5.65 Å². The summed E-state index contributed by atoms with van der Waals surface area (Å²) in [7, 11) is 0. The van der Waals surface area contributed by atoms with E-state index in [2.05, 4.69) is 5.10 Å². The van der Waals surface area contributed by atoms with Crippen LogP contribution in [0.15, 0.2) is 10.9 Å². The minimum Gasteiger partial charge on any atom is -0.342 e. The topological polar surface area (TPSA) is 90.8 Å². The van der Waals surface area contributed by atoms with Crippen molar-refractivity contribution in [1.82, 2.24) is 24.4 Å². The fraction of sp³-hybridized carbons (Fsp3) is 0.652. The van der Waals surface area contributed by atoms with E-state index in [-0.39, 0.29) is 35.1 Å². The fourth-order valence-electron chi connectivity index (χ4n) is 4.68. The van der Waals surface area contributed by atoms with Gasteiger partial charge in [0, 0.05) is 55.6 Å². The van der Waals surface area contributed by atoms with E-state index in [1.54, 1.807) is 4.90 Å². The normalized spacial score (nSPS) is 20.2. The molecule has 0 saturated carbocycles. The molecule has 8 heteroatoms. The highest BCUT2D eigenvalue weighted by atomic mass is 16.2. The molecule has 1 fully saturated rings. The molecular weight excluding hydrogens is 394 g/mol. The van der Waals surface area contributed by atoms with Crippen molar-refractivity contribution in [1.29, 1.82) is 0 Å². The molecule has 0 aromatic carbocycles. The summed E-state index contributed by atoms with van der Waals surface area (Å²) in [6.07, 6.45) is 3.36. The van der Waals surface area contributed by atoms with Crippen LogP contribution in [-0.2, 0) is 22.6 Å². The first-order valence-electron chi connectivity index (χ1n) is 11.5. The smallest absolute Gasteiger partial charge is 0.277 e. The Morgan fingerprint density at radius 1 is 1.19 bits per heavy atom. The van der Waals surface area contributed by atoms with Crippen LogP contribution in [0.1, 0.15) is 69.8 Å². The van der Waals surface area contributed by atoms with Gasteiger partial charge in [-0.25, -0.2) is 9.50 Å². The van der Waals surface area contributed by atoms with Crippen molar-refractivity contribution in [3.05, 3.63) is 33.4 Å². The van der Waals surface area contributed by atoms with Gasteiger partial charge in [-0.1, -0.05) is 27.7 Å². The maximum atomic E-state index is 13.2. The third kappa shape index (κ3) is 4.00. The van der Waals surface area contributed by atoms with Crippen LogP contribution in [0.5, 0.6) is 0 Å². The molecular formula is C23H33N5O3. The number of aromatic nitrogens is 3. The van der Waals surface area contributed by atoms with Crippen molar-refractivity contribution >= 4 is 17.5 Å². The number of carbonyl (C=O) groups is 2. The quantitative estimate of drug-likeness (QED) is 0.811. The number of H-pyrrole nitrogens is 1. The highest BCUT2D eigenvalue weighted by Crippen LogP contribution is 2.28. The average molecular weight is 428 g/mol. The molecule has 2 aromatic rings. The van der Waals surface area contributed by atoms with Crippen molar-refractivity contribution < 1.29 is 9.59 Å². The van der Waals surface area contributed by atoms with Gasteiger partial charge in [-0.05, 0) is 19.3 Å². The van der Waals surface area contributed by atoms with Crippen LogP contribution < -0.4 is 5.56 Å². The Morgan fingerprint density at radius 3 is 2.68 bits per heavy atom. The van der Waals surface area contributed by atoms with E-state index in [0.717, 1.165) is 37.2 Å². The Bertz CT molecular complexity index is 1050. The molecule has 2 aliphatic heterocycles. The highest BCUT2D eigenvalue weighted by Gasteiger charge is 2.30. The van der Waals surface area contributed by atoms with E-state index in [0.29, 0.717) is 37.3 Å². The van der Waals surface area contributed by atoms with E-state index in [1.807, 2.05) is 38.7 Å². The summed E-state index contributed by atoms with van der Waals surface area (Å²) in [4.78, 5) is 46.7. The van der Waals surface area contributed by atoms with Crippen molar-refractivity contribution in [2.24, 2.45) is 11.8 Å². The molecule has 0 radical (unpaired) electrons. The number of rotatable bonds is 4. The number of aromatic amines is 1. The second-order valence-corrected chi connectivity index (χ2v) is 9.34.